The van der Waals surface area contributed by atoms with Crippen molar-refractivity contribution in [2.75, 3.05) is 6.54 Å². The number of nitrogens with one attached hydrogen (secondary N) is 1. The van der Waals surface area contributed by atoms with Crippen molar-refractivity contribution in [3.8, 4) is 0 Å². The molecule has 2 N–H and O–H groups in total. The third kappa shape index (κ3) is 5.29. The Morgan fingerprint density at radius 1 is 1.32 bits per heavy atom. The first-order chi connectivity index (χ1) is 10.4. The summed E-state index contributed by atoms with van der Waals surface area (Å²) in [5.74, 6) is 0.679. The van der Waals surface area contributed by atoms with Crippen molar-refractivity contribution < 1.29 is 9.90 Å². The standard InChI is InChI=1S/C16H22N4O2/c1-16(2,22)11-20(10-13-6-4-3-5-7-13)15(21)9-8-14-17-12-18-19-14/h3-7,12,22H,8-11H2,1-2H3,(H,17,18,19). The topological polar surface area (TPSA) is 82.1 Å². The Morgan fingerprint density at radius 3 is 2.64 bits per heavy atom. The first-order valence-corrected chi connectivity index (χ1v) is 7.32. The van der Waals surface area contributed by atoms with E-state index in [-0.39, 0.29) is 12.5 Å². The molecule has 6 heteroatoms. The number of carbonyl (C=O) groups excluding carboxylic acids is 1. The molecule has 0 unspecified atom stereocenters. The third-order valence-corrected chi connectivity index (χ3v) is 3.19. The van der Waals surface area contributed by atoms with Crippen molar-refractivity contribution in [1.82, 2.24) is 20.1 Å². The highest BCUT2D eigenvalue weighted by molar-refractivity contribution is 5.76. The minimum Gasteiger partial charge on any atom is -0.389 e. The average Bonchev–Trinajstić information content (AvgIpc) is 2.97. The van der Waals surface area contributed by atoms with Crippen LogP contribution in [0.5, 0.6) is 0 Å². The summed E-state index contributed by atoms with van der Waals surface area (Å²) >= 11 is 0. The first-order valence-electron chi connectivity index (χ1n) is 7.32. The van der Waals surface area contributed by atoms with E-state index in [0.29, 0.717) is 25.2 Å². The zero-order valence-corrected chi connectivity index (χ0v) is 13.0. The molecule has 1 heterocycles. The van der Waals surface area contributed by atoms with Gasteiger partial charge in [-0.3, -0.25) is 9.89 Å². The van der Waals surface area contributed by atoms with E-state index in [2.05, 4.69) is 15.2 Å². The van der Waals surface area contributed by atoms with Gasteiger partial charge in [-0.05, 0) is 19.4 Å². The number of rotatable bonds is 7. The molecule has 0 atom stereocenters. The number of amides is 1. The van der Waals surface area contributed by atoms with Crippen LogP contribution >= 0.6 is 0 Å². The van der Waals surface area contributed by atoms with E-state index in [0.717, 1.165) is 5.56 Å². The van der Waals surface area contributed by atoms with Gasteiger partial charge in [0.05, 0.1) is 5.60 Å². The van der Waals surface area contributed by atoms with Crippen molar-refractivity contribution in [2.24, 2.45) is 0 Å². The number of hydrogen-bond acceptors (Lipinski definition) is 4. The average molecular weight is 302 g/mol. The van der Waals surface area contributed by atoms with Crippen LogP contribution in [0, 0.1) is 0 Å². The highest BCUT2D eigenvalue weighted by Crippen LogP contribution is 2.12. The normalized spacial score (nSPS) is 11.4. The molecular formula is C16H22N4O2. The van der Waals surface area contributed by atoms with Crippen molar-refractivity contribution in [3.63, 3.8) is 0 Å². The summed E-state index contributed by atoms with van der Waals surface area (Å²) in [7, 11) is 0. The highest BCUT2D eigenvalue weighted by Gasteiger charge is 2.22. The van der Waals surface area contributed by atoms with Gasteiger partial charge in [0.1, 0.15) is 12.2 Å². The molecule has 0 saturated heterocycles. The van der Waals surface area contributed by atoms with Gasteiger partial charge in [-0.25, -0.2) is 4.98 Å². The van der Waals surface area contributed by atoms with E-state index in [1.54, 1.807) is 18.7 Å². The number of aliphatic hydroxyl groups is 1. The number of aryl methyl sites for hydroxylation is 1. The van der Waals surface area contributed by atoms with Crippen LogP contribution in [0.1, 0.15) is 31.7 Å². The molecule has 0 aliphatic heterocycles. The van der Waals surface area contributed by atoms with Crippen LogP contribution in [0.3, 0.4) is 0 Å². The molecule has 2 rings (SSSR count). The Bertz CT molecular complexity index is 576. The lowest BCUT2D eigenvalue weighted by molar-refractivity contribution is -0.134. The summed E-state index contributed by atoms with van der Waals surface area (Å²) in [6, 6.07) is 9.77. The predicted molar refractivity (Wildman–Crippen MR) is 82.9 cm³/mol. The molecule has 118 valence electrons. The fourth-order valence-corrected chi connectivity index (χ4v) is 2.24. The second kappa shape index (κ2) is 7.17. The fourth-order valence-electron chi connectivity index (χ4n) is 2.24. The van der Waals surface area contributed by atoms with E-state index >= 15 is 0 Å². The van der Waals surface area contributed by atoms with Crippen LogP contribution in [0.15, 0.2) is 36.7 Å². The maximum absolute atomic E-state index is 12.5. The van der Waals surface area contributed by atoms with Crippen LogP contribution in [0.2, 0.25) is 0 Å². The molecule has 0 bridgehead atoms. The molecule has 0 spiro atoms. The van der Waals surface area contributed by atoms with Gasteiger partial charge >= 0.3 is 0 Å². The molecular weight excluding hydrogens is 280 g/mol. The molecule has 1 aromatic carbocycles. The number of benzene rings is 1. The Kier molecular flexibility index (Phi) is 5.27. The molecule has 0 aliphatic carbocycles. The second-order valence-corrected chi connectivity index (χ2v) is 5.98. The summed E-state index contributed by atoms with van der Waals surface area (Å²) in [4.78, 5) is 18.2. The molecule has 1 amide bonds. The van der Waals surface area contributed by atoms with E-state index in [1.807, 2.05) is 30.3 Å². The monoisotopic (exact) mass is 302 g/mol. The smallest absolute Gasteiger partial charge is 0.223 e. The Hall–Kier alpha value is -2.21. The predicted octanol–water partition coefficient (Wildman–Crippen LogP) is 1.54. The summed E-state index contributed by atoms with van der Waals surface area (Å²) in [6.07, 6.45) is 2.27. The Labute approximate surface area is 130 Å². The van der Waals surface area contributed by atoms with Gasteiger partial charge in [0.2, 0.25) is 5.91 Å². The number of hydrogen-bond donors (Lipinski definition) is 2. The number of nitrogens with zero attached hydrogens (tertiary/aromatic N) is 3. The largest absolute Gasteiger partial charge is 0.389 e. The quantitative estimate of drug-likeness (QED) is 0.813. The minimum atomic E-state index is -0.934. The maximum Gasteiger partial charge on any atom is 0.223 e. The van der Waals surface area contributed by atoms with Gasteiger partial charge in [0, 0.05) is 25.9 Å². The molecule has 0 fully saturated rings. The lowest BCUT2D eigenvalue weighted by atomic mass is 10.1. The van der Waals surface area contributed by atoms with Gasteiger partial charge in [-0.2, -0.15) is 5.10 Å². The zero-order valence-electron chi connectivity index (χ0n) is 13.0. The maximum atomic E-state index is 12.5. The van der Waals surface area contributed by atoms with Crippen LogP contribution < -0.4 is 0 Å². The van der Waals surface area contributed by atoms with Crippen LogP contribution in [-0.4, -0.2) is 43.2 Å². The number of carbonyl (C=O) groups is 1. The van der Waals surface area contributed by atoms with Crippen LogP contribution in [0.25, 0.3) is 0 Å². The highest BCUT2D eigenvalue weighted by atomic mass is 16.3. The molecule has 2 aromatic rings. The lowest BCUT2D eigenvalue weighted by Gasteiger charge is -2.29. The number of aromatic nitrogens is 3. The Balaban J connectivity index is 2.01. The molecule has 0 aliphatic rings. The van der Waals surface area contributed by atoms with Crippen molar-refractivity contribution in [2.45, 2.75) is 38.8 Å². The molecule has 0 radical (unpaired) electrons. The van der Waals surface area contributed by atoms with Crippen molar-refractivity contribution in [3.05, 3.63) is 48.0 Å². The van der Waals surface area contributed by atoms with Crippen molar-refractivity contribution in [1.29, 1.82) is 0 Å². The van der Waals surface area contributed by atoms with Crippen molar-refractivity contribution >= 4 is 5.91 Å². The zero-order chi connectivity index (χ0) is 16.0. The molecule has 1 aromatic heterocycles. The molecule has 0 saturated carbocycles. The van der Waals surface area contributed by atoms with Gasteiger partial charge < -0.3 is 10.0 Å². The minimum absolute atomic E-state index is 0.0117. The summed E-state index contributed by atoms with van der Waals surface area (Å²) in [5, 5.41) is 16.6. The van der Waals surface area contributed by atoms with Gasteiger partial charge in [0.25, 0.3) is 0 Å². The van der Waals surface area contributed by atoms with E-state index in [4.69, 9.17) is 0 Å². The van der Waals surface area contributed by atoms with E-state index in [9.17, 15) is 9.90 Å². The second-order valence-electron chi connectivity index (χ2n) is 5.98. The Morgan fingerprint density at radius 2 is 2.05 bits per heavy atom. The van der Waals surface area contributed by atoms with Crippen LogP contribution in [0.4, 0.5) is 0 Å². The summed E-state index contributed by atoms with van der Waals surface area (Å²) < 4.78 is 0. The van der Waals surface area contributed by atoms with Gasteiger partial charge in [-0.1, -0.05) is 30.3 Å². The third-order valence-electron chi connectivity index (χ3n) is 3.19. The van der Waals surface area contributed by atoms with Crippen LogP contribution in [-0.2, 0) is 17.8 Å². The summed E-state index contributed by atoms with van der Waals surface area (Å²) in [6.45, 7) is 4.18. The summed E-state index contributed by atoms with van der Waals surface area (Å²) in [5.41, 5.74) is 0.108. The van der Waals surface area contributed by atoms with E-state index < -0.39 is 5.60 Å². The SMILES string of the molecule is CC(C)(O)CN(Cc1ccccc1)C(=O)CCc1ncn[nH]1. The first kappa shape index (κ1) is 16.2. The van der Waals surface area contributed by atoms with Gasteiger partial charge in [0.15, 0.2) is 0 Å². The number of H-pyrrole nitrogens is 1. The molecule has 22 heavy (non-hydrogen) atoms. The fraction of sp³-hybridized carbons (Fsp3) is 0.438. The number of aromatic amines is 1. The lowest BCUT2D eigenvalue weighted by Crippen LogP contribution is -2.41. The molecule has 6 nitrogen and oxygen atoms in total. The van der Waals surface area contributed by atoms with Gasteiger partial charge in [-0.15, -0.1) is 0 Å². The van der Waals surface area contributed by atoms with E-state index in [1.165, 1.54) is 6.33 Å².